The molecule has 0 heterocycles. The first-order chi connectivity index (χ1) is 9.22. The lowest BCUT2D eigenvalue weighted by Gasteiger charge is -2.28. The highest BCUT2D eigenvalue weighted by Crippen LogP contribution is 2.35. The molecule has 1 atom stereocenters. The smallest absolute Gasteiger partial charge is 0.176 e. The van der Waals surface area contributed by atoms with Crippen molar-refractivity contribution in [2.45, 2.75) is 25.8 Å². The highest BCUT2D eigenvalue weighted by Gasteiger charge is 2.32. The van der Waals surface area contributed by atoms with Crippen molar-refractivity contribution in [2.24, 2.45) is 5.92 Å². The van der Waals surface area contributed by atoms with E-state index in [4.69, 9.17) is 4.74 Å². The van der Waals surface area contributed by atoms with E-state index in [1.807, 2.05) is 30.3 Å². The number of carbonyl (C=O) groups excluding carboxylic acids is 1. The minimum absolute atomic E-state index is 0.198. The van der Waals surface area contributed by atoms with E-state index in [0.29, 0.717) is 19.2 Å². The van der Waals surface area contributed by atoms with E-state index < -0.39 is 0 Å². The van der Waals surface area contributed by atoms with Crippen LogP contribution in [0, 0.1) is 5.92 Å². The molecule has 104 valence electrons. The molecule has 1 unspecified atom stereocenters. The van der Waals surface area contributed by atoms with E-state index in [9.17, 15) is 4.79 Å². The average molecular weight is 261 g/mol. The molecule has 1 aliphatic rings. The van der Waals surface area contributed by atoms with Crippen LogP contribution in [0.2, 0.25) is 0 Å². The van der Waals surface area contributed by atoms with Crippen LogP contribution in [-0.4, -0.2) is 43.5 Å². The molecule has 1 aromatic carbocycles. The molecule has 1 saturated carbocycles. The summed E-state index contributed by atoms with van der Waals surface area (Å²) < 4.78 is 5.16. The van der Waals surface area contributed by atoms with Gasteiger partial charge in [-0.1, -0.05) is 30.3 Å². The van der Waals surface area contributed by atoms with Gasteiger partial charge in [0.05, 0.1) is 13.2 Å². The Morgan fingerprint density at radius 3 is 2.63 bits per heavy atom. The molecule has 0 aliphatic heterocycles. The fourth-order valence-corrected chi connectivity index (χ4v) is 2.41. The van der Waals surface area contributed by atoms with Crippen molar-refractivity contribution in [3.8, 4) is 0 Å². The number of nitrogens with zero attached hydrogens (tertiary/aromatic N) is 1. The van der Waals surface area contributed by atoms with Gasteiger partial charge in [-0.15, -0.1) is 0 Å². The Kier molecular flexibility index (Phi) is 5.11. The summed E-state index contributed by atoms with van der Waals surface area (Å²) in [4.78, 5) is 14.5. The second-order valence-corrected chi connectivity index (χ2v) is 5.33. The average Bonchev–Trinajstić information content (AvgIpc) is 3.28. The first-order valence-electron chi connectivity index (χ1n) is 7.03. The van der Waals surface area contributed by atoms with E-state index in [1.54, 1.807) is 7.11 Å². The van der Waals surface area contributed by atoms with Gasteiger partial charge in [0.15, 0.2) is 5.78 Å². The van der Waals surface area contributed by atoms with Crippen molar-refractivity contribution in [3.05, 3.63) is 35.9 Å². The highest BCUT2D eigenvalue weighted by molar-refractivity contribution is 5.97. The SMILES string of the molecule is COCCN(CC(=O)c1ccccc1)C(C)C1CC1. The minimum Gasteiger partial charge on any atom is -0.383 e. The molecule has 0 bridgehead atoms. The van der Waals surface area contributed by atoms with Gasteiger partial charge in [0.1, 0.15) is 0 Å². The van der Waals surface area contributed by atoms with Crippen LogP contribution in [0.4, 0.5) is 0 Å². The summed E-state index contributed by atoms with van der Waals surface area (Å²) in [5.41, 5.74) is 0.799. The molecule has 0 spiro atoms. The first-order valence-corrected chi connectivity index (χ1v) is 7.03. The maximum absolute atomic E-state index is 12.3. The van der Waals surface area contributed by atoms with Gasteiger partial charge in [-0.25, -0.2) is 0 Å². The monoisotopic (exact) mass is 261 g/mol. The molecule has 3 nitrogen and oxygen atoms in total. The molecular weight excluding hydrogens is 238 g/mol. The highest BCUT2D eigenvalue weighted by atomic mass is 16.5. The molecule has 19 heavy (non-hydrogen) atoms. The lowest BCUT2D eigenvalue weighted by molar-refractivity contribution is 0.0816. The number of hydrogen-bond donors (Lipinski definition) is 0. The standard InChI is InChI=1S/C16H23NO2/c1-13(14-8-9-14)17(10-11-19-2)12-16(18)15-6-4-3-5-7-15/h3-7,13-14H,8-12H2,1-2H3. The van der Waals surface area contributed by atoms with Crippen LogP contribution < -0.4 is 0 Å². The molecule has 1 fully saturated rings. The molecule has 1 aliphatic carbocycles. The second kappa shape index (κ2) is 6.83. The summed E-state index contributed by atoms with van der Waals surface area (Å²) in [6.07, 6.45) is 2.59. The fraction of sp³-hybridized carbons (Fsp3) is 0.562. The van der Waals surface area contributed by atoms with Gasteiger partial charge >= 0.3 is 0 Å². The van der Waals surface area contributed by atoms with E-state index in [-0.39, 0.29) is 5.78 Å². The number of Topliss-reactive ketones (excluding diaryl/α,β-unsaturated/α-hetero) is 1. The Labute approximate surface area is 115 Å². The topological polar surface area (TPSA) is 29.5 Å². The lowest BCUT2D eigenvalue weighted by Crippen LogP contribution is -2.40. The third-order valence-electron chi connectivity index (χ3n) is 3.91. The van der Waals surface area contributed by atoms with Crippen LogP contribution in [0.25, 0.3) is 0 Å². The Balaban J connectivity index is 1.96. The molecule has 3 heteroatoms. The fourth-order valence-electron chi connectivity index (χ4n) is 2.41. The van der Waals surface area contributed by atoms with Crippen LogP contribution in [-0.2, 0) is 4.74 Å². The van der Waals surface area contributed by atoms with Gasteiger partial charge < -0.3 is 4.74 Å². The van der Waals surface area contributed by atoms with Crippen molar-refractivity contribution in [2.75, 3.05) is 26.8 Å². The van der Waals surface area contributed by atoms with Crippen LogP contribution in [0.1, 0.15) is 30.1 Å². The van der Waals surface area contributed by atoms with Gasteiger partial charge in [0.2, 0.25) is 0 Å². The van der Waals surface area contributed by atoms with E-state index in [1.165, 1.54) is 12.8 Å². The zero-order chi connectivity index (χ0) is 13.7. The van der Waals surface area contributed by atoms with Crippen LogP contribution in [0.5, 0.6) is 0 Å². The molecule has 0 radical (unpaired) electrons. The Bertz CT molecular complexity index is 400. The van der Waals surface area contributed by atoms with Gasteiger partial charge in [-0.3, -0.25) is 9.69 Å². The molecule has 0 amide bonds. The third-order valence-corrected chi connectivity index (χ3v) is 3.91. The van der Waals surface area contributed by atoms with Crippen LogP contribution in [0.3, 0.4) is 0 Å². The molecule has 0 N–H and O–H groups in total. The number of carbonyl (C=O) groups is 1. The Hall–Kier alpha value is -1.19. The van der Waals surface area contributed by atoms with E-state index in [2.05, 4.69) is 11.8 Å². The van der Waals surface area contributed by atoms with Crippen molar-refractivity contribution < 1.29 is 9.53 Å². The Morgan fingerprint density at radius 2 is 2.05 bits per heavy atom. The van der Waals surface area contributed by atoms with Gasteiger partial charge in [0.25, 0.3) is 0 Å². The second-order valence-electron chi connectivity index (χ2n) is 5.33. The van der Waals surface area contributed by atoms with Crippen LogP contribution >= 0.6 is 0 Å². The maximum Gasteiger partial charge on any atom is 0.176 e. The summed E-state index contributed by atoms with van der Waals surface area (Å²) in [5.74, 6) is 0.963. The summed E-state index contributed by atoms with van der Waals surface area (Å²) in [6.45, 7) is 4.22. The molecule has 0 saturated heterocycles. The zero-order valence-corrected chi connectivity index (χ0v) is 11.8. The molecule has 0 aromatic heterocycles. The lowest BCUT2D eigenvalue weighted by atomic mass is 10.1. The largest absolute Gasteiger partial charge is 0.383 e. The predicted molar refractivity (Wildman–Crippen MR) is 76.4 cm³/mol. The van der Waals surface area contributed by atoms with Crippen molar-refractivity contribution in [1.29, 1.82) is 0 Å². The van der Waals surface area contributed by atoms with Gasteiger partial charge in [0, 0.05) is 25.3 Å². The molecular formula is C16H23NO2. The maximum atomic E-state index is 12.3. The summed E-state index contributed by atoms with van der Waals surface area (Å²) in [6, 6.07) is 10.0. The number of ketones is 1. The number of rotatable bonds is 8. The number of hydrogen-bond acceptors (Lipinski definition) is 3. The number of methoxy groups -OCH3 is 1. The van der Waals surface area contributed by atoms with Gasteiger partial charge in [-0.05, 0) is 25.7 Å². The summed E-state index contributed by atoms with van der Waals surface area (Å²) >= 11 is 0. The Morgan fingerprint density at radius 1 is 1.37 bits per heavy atom. The van der Waals surface area contributed by atoms with Crippen LogP contribution in [0.15, 0.2) is 30.3 Å². The molecule has 2 rings (SSSR count). The third kappa shape index (κ3) is 4.15. The number of benzene rings is 1. The number of ether oxygens (including phenoxy) is 1. The van der Waals surface area contributed by atoms with Crippen molar-refractivity contribution >= 4 is 5.78 Å². The quantitative estimate of drug-likeness (QED) is 0.674. The van der Waals surface area contributed by atoms with Crippen molar-refractivity contribution in [3.63, 3.8) is 0 Å². The predicted octanol–water partition coefficient (Wildman–Crippen LogP) is 2.62. The minimum atomic E-state index is 0.198. The first kappa shape index (κ1) is 14.2. The van der Waals surface area contributed by atoms with Gasteiger partial charge in [-0.2, -0.15) is 0 Å². The zero-order valence-electron chi connectivity index (χ0n) is 11.8. The summed E-state index contributed by atoms with van der Waals surface area (Å²) in [7, 11) is 1.71. The normalized spacial score (nSPS) is 16.6. The van der Waals surface area contributed by atoms with Crippen molar-refractivity contribution in [1.82, 2.24) is 4.90 Å². The van der Waals surface area contributed by atoms with E-state index >= 15 is 0 Å². The molecule has 1 aromatic rings. The van der Waals surface area contributed by atoms with E-state index in [0.717, 1.165) is 18.0 Å². The summed E-state index contributed by atoms with van der Waals surface area (Å²) in [5, 5.41) is 0.